The van der Waals surface area contributed by atoms with Gasteiger partial charge in [-0.2, -0.15) is 0 Å². The zero-order chi connectivity index (χ0) is 18.7. The largest absolute Gasteiger partial charge is 0.497 e. The van der Waals surface area contributed by atoms with E-state index in [0.29, 0.717) is 23.7 Å². The van der Waals surface area contributed by atoms with Crippen LogP contribution in [0.3, 0.4) is 0 Å². The molecular weight excluding hydrogens is 334 g/mol. The summed E-state index contributed by atoms with van der Waals surface area (Å²) in [7, 11) is 3.15. The number of anilines is 1. The molecule has 2 aliphatic rings. The Bertz CT molecular complexity index is 671. The fourth-order valence-electron chi connectivity index (χ4n) is 3.66. The fraction of sp³-hybridized carbons (Fsp3) is 0.579. The second-order valence-electron chi connectivity index (χ2n) is 6.70. The predicted molar refractivity (Wildman–Crippen MR) is 98.7 cm³/mol. The summed E-state index contributed by atoms with van der Waals surface area (Å²) < 4.78 is 10.6. The summed E-state index contributed by atoms with van der Waals surface area (Å²) in [6.45, 7) is 6.82. The van der Waals surface area contributed by atoms with Crippen LogP contribution in [0.15, 0.2) is 18.2 Å². The van der Waals surface area contributed by atoms with Crippen molar-refractivity contribution in [2.45, 2.75) is 13.3 Å². The number of likely N-dealkylation sites (N-methyl/N-ethyl adjacent to an activating group) is 1. The molecule has 7 nitrogen and oxygen atoms in total. The molecule has 0 aromatic heterocycles. The Hall–Kier alpha value is -2.28. The van der Waals surface area contributed by atoms with E-state index in [9.17, 15) is 9.59 Å². The molecule has 2 heterocycles. The zero-order valence-corrected chi connectivity index (χ0v) is 15.7. The average Bonchev–Trinajstić information content (AvgIpc) is 3.08. The van der Waals surface area contributed by atoms with Gasteiger partial charge in [0.15, 0.2) is 0 Å². The van der Waals surface area contributed by atoms with Gasteiger partial charge in [0.1, 0.15) is 11.5 Å². The van der Waals surface area contributed by atoms with Crippen molar-refractivity contribution in [1.82, 2.24) is 9.80 Å². The standard InChI is InChI=1S/C19H27N3O4/c1-4-20-7-9-21(10-8-20)19(24)14-11-18(23)22(13-14)16-6-5-15(25-2)12-17(16)26-3/h5-6,12,14H,4,7-11,13H2,1-3H3/t14-/m1/s1. The van der Waals surface area contributed by atoms with E-state index in [4.69, 9.17) is 9.47 Å². The summed E-state index contributed by atoms with van der Waals surface area (Å²) in [5.74, 6) is 0.992. The van der Waals surface area contributed by atoms with Crippen LogP contribution in [0, 0.1) is 5.92 Å². The maximum Gasteiger partial charge on any atom is 0.228 e. The number of nitrogens with zero attached hydrogens (tertiary/aromatic N) is 3. The summed E-state index contributed by atoms with van der Waals surface area (Å²) in [5.41, 5.74) is 0.685. The van der Waals surface area contributed by atoms with E-state index in [1.54, 1.807) is 31.3 Å². The molecule has 3 rings (SSSR count). The van der Waals surface area contributed by atoms with Crippen molar-refractivity contribution >= 4 is 17.5 Å². The number of carbonyl (C=O) groups is 2. The Labute approximate surface area is 154 Å². The molecule has 1 aromatic rings. The molecule has 0 aliphatic carbocycles. The smallest absolute Gasteiger partial charge is 0.228 e. The van der Waals surface area contributed by atoms with Gasteiger partial charge in [0, 0.05) is 45.2 Å². The van der Waals surface area contributed by atoms with Crippen molar-refractivity contribution in [3.05, 3.63) is 18.2 Å². The number of carbonyl (C=O) groups excluding carboxylic acids is 2. The van der Waals surface area contributed by atoms with E-state index in [1.165, 1.54) is 0 Å². The minimum atomic E-state index is -0.289. The Morgan fingerprint density at radius 1 is 1.15 bits per heavy atom. The highest BCUT2D eigenvalue weighted by Crippen LogP contribution is 2.36. The molecule has 0 radical (unpaired) electrons. The quantitative estimate of drug-likeness (QED) is 0.789. The summed E-state index contributed by atoms with van der Waals surface area (Å²) in [5, 5.41) is 0. The van der Waals surface area contributed by atoms with E-state index in [2.05, 4.69) is 11.8 Å². The number of amides is 2. The second-order valence-corrected chi connectivity index (χ2v) is 6.70. The summed E-state index contributed by atoms with van der Waals surface area (Å²) in [6, 6.07) is 5.36. The molecule has 0 N–H and O–H groups in total. The second kappa shape index (κ2) is 7.95. The normalized spacial score (nSPS) is 21.2. The molecule has 0 bridgehead atoms. The minimum Gasteiger partial charge on any atom is -0.497 e. The first-order chi connectivity index (χ1) is 12.6. The Morgan fingerprint density at radius 2 is 1.88 bits per heavy atom. The van der Waals surface area contributed by atoms with Gasteiger partial charge in [-0.05, 0) is 18.7 Å². The summed E-state index contributed by atoms with van der Waals surface area (Å²) in [4.78, 5) is 31.3. The topological polar surface area (TPSA) is 62.3 Å². The maximum atomic E-state index is 12.8. The van der Waals surface area contributed by atoms with Crippen molar-refractivity contribution in [2.75, 3.05) is 58.4 Å². The van der Waals surface area contributed by atoms with Crippen LogP contribution in [-0.2, 0) is 9.59 Å². The van der Waals surface area contributed by atoms with E-state index >= 15 is 0 Å². The van der Waals surface area contributed by atoms with E-state index < -0.39 is 0 Å². The third-order valence-electron chi connectivity index (χ3n) is 5.28. The Balaban J connectivity index is 1.70. The van der Waals surface area contributed by atoms with Gasteiger partial charge >= 0.3 is 0 Å². The number of benzene rings is 1. The highest BCUT2D eigenvalue weighted by Gasteiger charge is 2.38. The van der Waals surface area contributed by atoms with Crippen LogP contribution in [0.4, 0.5) is 5.69 Å². The van der Waals surface area contributed by atoms with Gasteiger partial charge < -0.3 is 24.2 Å². The first-order valence-electron chi connectivity index (χ1n) is 9.11. The molecule has 2 amide bonds. The molecule has 0 spiro atoms. The molecule has 142 valence electrons. The first kappa shape index (κ1) is 18.5. The minimum absolute atomic E-state index is 0.0426. The highest BCUT2D eigenvalue weighted by molar-refractivity contribution is 6.01. The zero-order valence-electron chi connectivity index (χ0n) is 15.7. The lowest BCUT2D eigenvalue weighted by Crippen LogP contribution is -2.50. The molecule has 2 aliphatic heterocycles. The van der Waals surface area contributed by atoms with Gasteiger partial charge in [-0.3, -0.25) is 9.59 Å². The van der Waals surface area contributed by atoms with Gasteiger partial charge in [0.25, 0.3) is 0 Å². The van der Waals surface area contributed by atoms with Crippen LogP contribution in [0.5, 0.6) is 11.5 Å². The van der Waals surface area contributed by atoms with Gasteiger partial charge in [-0.15, -0.1) is 0 Å². The van der Waals surface area contributed by atoms with Crippen molar-refractivity contribution in [3.63, 3.8) is 0 Å². The van der Waals surface area contributed by atoms with Crippen LogP contribution in [0.2, 0.25) is 0 Å². The van der Waals surface area contributed by atoms with E-state index in [-0.39, 0.29) is 24.2 Å². The monoisotopic (exact) mass is 361 g/mol. The number of ether oxygens (including phenoxy) is 2. The molecule has 1 aromatic carbocycles. The van der Waals surface area contributed by atoms with Gasteiger partial charge in [-0.25, -0.2) is 0 Å². The van der Waals surface area contributed by atoms with Crippen molar-refractivity contribution in [3.8, 4) is 11.5 Å². The number of hydrogen-bond acceptors (Lipinski definition) is 5. The first-order valence-corrected chi connectivity index (χ1v) is 9.11. The van der Waals surface area contributed by atoms with Crippen LogP contribution < -0.4 is 14.4 Å². The lowest BCUT2D eigenvalue weighted by atomic mass is 10.1. The number of rotatable bonds is 5. The van der Waals surface area contributed by atoms with Crippen molar-refractivity contribution in [1.29, 1.82) is 0 Å². The summed E-state index contributed by atoms with van der Waals surface area (Å²) in [6.07, 6.45) is 0.252. The number of methoxy groups -OCH3 is 2. The summed E-state index contributed by atoms with van der Waals surface area (Å²) >= 11 is 0. The van der Waals surface area contributed by atoms with Crippen LogP contribution in [-0.4, -0.2) is 75.1 Å². The highest BCUT2D eigenvalue weighted by atomic mass is 16.5. The van der Waals surface area contributed by atoms with Crippen molar-refractivity contribution in [2.24, 2.45) is 5.92 Å². The number of piperazine rings is 1. The lowest BCUT2D eigenvalue weighted by Gasteiger charge is -2.35. The molecule has 2 saturated heterocycles. The Morgan fingerprint density at radius 3 is 2.50 bits per heavy atom. The van der Waals surface area contributed by atoms with E-state index in [1.807, 2.05) is 11.0 Å². The molecule has 0 unspecified atom stereocenters. The lowest BCUT2D eigenvalue weighted by molar-refractivity contribution is -0.137. The maximum absolute atomic E-state index is 12.8. The van der Waals surface area contributed by atoms with Crippen molar-refractivity contribution < 1.29 is 19.1 Å². The van der Waals surface area contributed by atoms with Crippen LogP contribution in [0.25, 0.3) is 0 Å². The fourth-order valence-corrected chi connectivity index (χ4v) is 3.66. The van der Waals surface area contributed by atoms with Gasteiger partial charge in [0.05, 0.1) is 25.8 Å². The molecular formula is C19H27N3O4. The van der Waals surface area contributed by atoms with Crippen LogP contribution in [0.1, 0.15) is 13.3 Å². The molecule has 2 fully saturated rings. The average molecular weight is 361 g/mol. The Kier molecular flexibility index (Phi) is 5.66. The molecule has 26 heavy (non-hydrogen) atoms. The molecule has 0 saturated carbocycles. The third-order valence-corrected chi connectivity index (χ3v) is 5.28. The SMILES string of the molecule is CCN1CCN(C(=O)[C@@H]2CC(=O)N(c3ccc(OC)cc3OC)C2)CC1. The van der Waals surface area contributed by atoms with Gasteiger partial charge in [0.2, 0.25) is 11.8 Å². The third kappa shape index (κ3) is 3.62. The van der Waals surface area contributed by atoms with E-state index in [0.717, 1.165) is 32.7 Å². The number of hydrogen-bond donors (Lipinski definition) is 0. The molecule has 7 heteroatoms. The van der Waals surface area contributed by atoms with Crippen LogP contribution >= 0.6 is 0 Å². The van der Waals surface area contributed by atoms with Gasteiger partial charge in [-0.1, -0.05) is 6.92 Å². The molecule has 1 atom stereocenters. The predicted octanol–water partition coefficient (Wildman–Crippen LogP) is 1.22.